The number of hydrogen-bond donors (Lipinski definition) is 1. The normalized spacial score (nSPS) is 15.5. The van der Waals surface area contributed by atoms with Gasteiger partial charge in [-0.1, -0.05) is 18.2 Å². The Labute approximate surface area is 203 Å². The summed E-state index contributed by atoms with van der Waals surface area (Å²) in [5.41, 5.74) is 0.331. The van der Waals surface area contributed by atoms with Crippen LogP contribution in [0.2, 0.25) is 0 Å². The van der Waals surface area contributed by atoms with Crippen molar-refractivity contribution < 1.29 is 19.4 Å². The van der Waals surface area contributed by atoms with Crippen LogP contribution in [0.1, 0.15) is 40.7 Å². The number of piperidine rings is 1. The van der Waals surface area contributed by atoms with Crippen LogP contribution >= 0.6 is 11.3 Å². The molecular formula is C23H23N2NaO4S. The Morgan fingerprint density at radius 3 is 2.35 bits per heavy atom. The zero-order valence-electron chi connectivity index (χ0n) is 17.4. The van der Waals surface area contributed by atoms with Crippen molar-refractivity contribution in [2.45, 2.75) is 25.3 Å². The maximum absolute atomic E-state index is 12.5. The minimum atomic E-state index is -0.879. The third-order valence-corrected chi connectivity index (χ3v) is 6.87. The molecule has 1 amide bonds. The third-order valence-electron chi connectivity index (χ3n) is 4.87. The molecule has 1 aliphatic rings. The molecule has 31 heavy (non-hydrogen) atoms. The summed E-state index contributed by atoms with van der Waals surface area (Å²) in [6, 6.07) is 17.9. The van der Waals surface area contributed by atoms with Crippen molar-refractivity contribution >= 4 is 54.1 Å². The topological polar surface area (TPSA) is 79.7 Å². The minimum Gasteiger partial charge on any atom is -0.478 e. The molecule has 1 fully saturated rings. The van der Waals surface area contributed by atoms with E-state index in [1.807, 2.05) is 35.2 Å². The maximum atomic E-state index is 12.5. The number of rotatable bonds is 5. The van der Waals surface area contributed by atoms with Gasteiger partial charge in [-0.3, -0.25) is 0 Å². The molecule has 0 aliphatic carbocycles. The molecular weight excluding hydrogens is 423 g/mol. The van der Waals surface area contributed by atoms with E-state index >= 15 is 0 Å². The molecule has 1 unspecified atom stereocenters. The van der Waals surface area contributed by atoms with Gasteiger partial charge in [0.25, 0.3) is 0 Å². The van der Waals surface area contributed by atoms with Crippen molar-refractivity contribution in [1.29, 1.82) is 0 Å². The molecule has 0 radical (unpaired) electrons. The number of carbonyl (C=O) groups is 2. The van der Waals surface area contributed by atoms with Crippen molar-refractivity contribution in [2.24, 2.45) is 0 Å². The molecule has 156 valence electrons. The summed E-state index contributed by atoms with van der Waals surface area (Å²) in [5.74, 6) is -0.0882. The van der Waals surface area contributed by atoms with Crippen LogP contribution in [0.3, 0.4) is 0 Å². The predicted molar refractivity (Wildman–Crippen MR) is 121 cm³/mol. The van der Waals surface area contributed by atoms with Gasteiger partial charge in [-0.05, 0) is 12.1 Å². The number of aromatic carboxylic acids is 1. The van der Waals surface area contributed by atoms with E-state index in [2.05, 4.69) is 10.4 Å². The molecule has 1 saturated heterocycles. The molecule has 1 N–H and O–H groups in total. The predicted octanol–water partition coefficient (Wildman–Crippen LogP) is 3.45. The van der Waals surface area contributed by atoms with Gasteiger partial charge in [0, 0.05) is 0 Å². The number of thiazole rings is 1. The molecule has 2 aromatic carbocycles. The Balaban J connectivity index is 0.000000254. The molecule has 2 heterocycles. The van der Waals surface area contributed by atoms with Crippen LogP contribution in [-0.2, 0) is 4.79 Å². The summed E-state index contributed by atoms with van der Waals surface area (Å²) in [6.07, 6.45) is 3.22. The molecule has 0 spiro atoms. The first-order valence-corrected chi connectivity index (χ1v) is 12.1. The Hall–Kier alpha value is -2.19. The van der Waals surface area contributed by atoms with Gasteiger partial charge in [-0.15, -0.1) is 0 Å². The van der Waals surface area contributed by atoms with Gasteiger partial charge in [0.15, 0.2) is 0 Å². The molecule has 0 bridgehead atoms. The van der Waals surface area contributed by atoms with Gasteiger partial charge in [-0.2, -0.15) is 0 Å². The van der Waals surface area contributed by atoms with Crippen LogP contribution in [0, 0.1) is 0 Å². The molecule has 1 aliphatic heterocycles. The number of benzene rings is 2. The number of aromatic nitrogens is 1. The fourth-order valence-corrected chi connectivity index (χ4v) is 5.04. The summed E-state index contributed by atoms with van der Waals surface area (Å²) >= 11 is 2.64. The first-order valence-electron chi connectivity index (χ1n) is 10.2. The van der Waals surface area contributed by atoms with Gasteiger partial charge in [-0.25, -0.2) is 4.79 Å². The van der Waals surface area contributed by atoms with E-state index < -0.39 is 5.97 Å². The molecule has 4 rings (SSSR count). The van der Waals surface area contributed by atoms with Crippen LogP contribution in [0.15, 0.2) is 66.0 Å². The quantitative estimate of drug-likeness (QED) is 0.608. The van der Waals surface area contributed by atoms with E-state index in [-0.39, 0.29) is 18.6 Å². The number of nitrogens with zero attached hydrogens (tertiary/aromatic N) is 2. The van der Waals surface area contributed by atoms with Gasteiger partial charge >= 0.3 is 158 Å². The van der Waals surface area contributed by atoms with Crippen LogP contribution < -0.4 is 7.68 Å². The average Bonchev–Trinajstić information content (AvgIpc) is 3.25. The molecule has 6 nitrogen and oxygen atoms in total. The Morgan fingerprint density at radius 1 is 1.10 bits per heavy atom. The largest absolute Gasteiger partial charge is 0.478 e. The van der Waals surface area contributed by atoms with Crippen LogP contribution in [0.4, 0.5) is 0 Å². The maximum Gasteiger partial charge on any atom is 0.335 e. The number of ether oxygens (including phenoxy) is 1. The molecule has 0 saturated carbocycles. The summed E-state index contributed by atoms with van der Waals surface area (Å²) in [4.78, 5) is 29.3. The smallest absolute Gasteiger partial charge is 0.335 e. The summed E-state index contributed by atoms with van der Waals surface area (Å²) in [5, 5.41) is 11.6. The SMILES string of the molecule is O=C(COc1ccccc1)N1CCCCC1c1n[c]([Na])cs1.O=C(O)c1ccccc1. The first-order chi connectivity index (χ1) is 15.0. The zero-order chi connectivity index (χ0) is 22.1. The second-order valence-electron chi connectivity index (χ2n) is 7.20. The Kier molecular flexibility index (Phi) is 9.09. The fraction of sp³-hybridized carbons (Fsp3) is 0.261. The van der Waals surface area contributed by atoms with E-state index in [0.29, 0.717) is 5.56 Å². The first kappa shape index (κ1) is 23.5. The minimum absolute atomic E-state index is 0.0543. The van der Waals surface area contributed by atoms with Gasteiger partial charge in [0.2, 0.25) is 0 Å². The van der Waals surface area contributed by atoms with Gasteiger partial charge in [0.05, 0.1) is 5.56 Å². The van der Waals surface area contributed by atoms with Crippen LogP contribution in [0.25, 0.3) is 0 Å². The number of likely N-dealkylation sites (tertiary alicyclic amines) is 1. The number of hydrogen-bond acceptors (Lipinski definition) is 5. The number of carbonyl (C=O) groups excluding carboxylic acids is 1. The van der Waals surface area contributed by atoms with Gasteiger partial charge < -0.3 is 5.11 Å². The van der Waals surface area contributed by atoms with Crippen molar-refractivity contribution in [3.05, 3.63) is 76.6 Å². The van der Waals surface area contributed by atoms with E-state index in [9.17, 15) is 9.59 Å². The zero-order valence-corrected chi connectivity index (χ0v) is 20.3. The second kappa shape index (κ2) is 12.0. The number of amides is 1. The number of carboxylic acid groups (broad SMARTS) is 1. The Morgan fingerprint density at radius 2 is 1.77 bits per heavy atom. The van der Waals surface area contributed by atoms with E-state index in [1.165, 1.54) is 2.94 Å². The average molecular weight is 447 g/mol. The molecule has 3 aromatic rings. The Bertz CT molecular complexity index is 982. The number of para-hydroxylation sites is 1. The molecule has 1 atom stereocenters. The monoisotopic (exact) mass is 446 g/mol. The summed E-state index contributed by atoms with van der Waals surface area (Å²) < 4.78 is 6.77. The molecule has 1 aromatic heterocycles. The third kappa shape index (κ3) is 7.18. The standard InChI is InChI=1S/C16H17N2O2S.C7H6O2.Na/c19-15(12-20-13-6-2-1-3-7-13)18-10-5-4-8-14(18)16-17-9-11-21-16;8-7(9)6-4-2-1-3-5-6;/h1-3,6-7,11,14H,4-5,8,10,12H2;1-5H,(H,8,9);. The van der Waals surface area contributed by atoms with Crippen molar-refractivity contribution in [1.82, 2.24) is 9.88 Å². The van der Waals surface area contributed by atoms with Crippen molar-refractivity contribution in [3.8, 4) is 5.75 Å². The summed E-state index contributed by atoms with van der Waals surface area (Å²) in [7, 11) is 0. The van der Waals surface area contributed by atoms with Crippen LogP contribution in [0.5, 0.6) is 5.75 Å². The van der Waals surface area contributed by atoms with Gasteiger partial charge in [0.1, 0.15) is 0 Å². The molecule has 8 heteroatoms. The number of carboxylic acids is 1. The second-order valence-corrected chi connectivity index (χ2v) is 9.11. The summed E-state index contributed by atoms with van der Waals surface area (Å²) in [6.45, 7) is 0.900. The van der Waals surface area contributed by atoms with Crippen molar-refractivity contribution in [2.75, 3.05) is 13.2 Å². The van der Waals surface area contributed by atoms with Crippen LogP contribution in [-0.4, -0.2) is 67.9 Å². The van der Waals surface area contributed by atoms with E-state index in [4.69, 9.17) is 9.84 Å². The van der Waals surface area contributed by atoms with E-state index in [1.54, 1.807) is 41.7 Å². The van der Waals surface area contributed by atoms with Crippen molar-refractivity contribution in [3.63, 3.8) is 0 Å². The fourth-order valence-electron chi connectivity index (χ4n) is 3.34. The van der Waals surface area contributed by atoms with E-state index in [0.717, 1.165) is 64.5 Å².